The Kier molecular flexibility index (Phi) is 4.33. The van der Waals surface area contributed by atoms with Crippen molar-refractivity contribution in [1.82, 2.24) is 14.8 Å². The van der Waals surface area contributed by atoms with Crippen molar-refractivity contribution in [3.8, 4) is 11.4 Å². The lowest BCUT2D eigenvalue weighted by molar-refractivity contribution is 0.0598. The van der Waals surface area contributed by atoms with Gasteiger partial charge in [0, 0.05) is 10.6 Å². The molecule has 0 bridgehead atoms. The highest BCUT2D eigenvalue weighted by Gasteiger charge is 2.03. The van der Waals surface area contributed by atoms with E-state index in [0.29, 0.717) is 17.4 Å². The number of aliphatic hydroxyl groups is 1. The first kappa shape index (κ1) is 12.6. The minimum atomic E-state index is -0.332. The van der Waals surface area contributed by atoms with Crippen molar-refractivity contribution in [1.29, 1.82) is 0 Å². The van der Waals surface area contributed by atoms with Gasteiger partial charge in [0.2, 0.25) is 0 Å². The number of allylic oxidation sites excluding steroid dienone is 1. The number of aromatic nitrogens is 3. The van der Waals surface area contributed by atoms with Gasteiger partial charge < -0.3 is 9.84 Å². The van der Waals surface area contributed by atoms with Gasteiger partial charge in [-0.2, -0.15) is 5.10 Å². The second-order valence-electron chi connectivity index (χ2n) is 3.47. The molecule has 1 N–H and O–H groups in total. The monoisotopic (exact) mass is 265 g/mol. The van der Waals surface area contributed by atoms with Crippen LogP contribution in [0.1, 0.15) is 0 Å². The van der Waals surface area contributed by atoms with E-state index in [4.69, 9.17) is 16.7 Å². The number of ether oxygens (including phenoxy) is 1. The van der Waals surface area contributed by atoms with E-state index in [1.807, 2.05) is 18.2 Å². The number of nitrogens with zero attached hydrogens (tertiary/aromatic N) is 3. The second kappa shape index (κ2) is 6.18. The molecular formula is C12H12ClN3O2. The van der Waals surface area contributed by atoms with Crippen LogP contribution in [0.15, 0.2) is 42.9 Å². The van der Waals surface area contributed by atoms with Crippen LogP contribution in [0.3, 0.4) is 0 Å². The highest BCUT2D eigenvalue weighted by molar-refractivity contribution is 6.30. The minimum Gasteiger partial charge on any atom is -0.476 e. The number of aliphatic hydroxyl groups excluding tert-OH is 1. The molecule has 0 fully saturated rings. The summed E-state index contributed by atoms with van der Waals surface area (Å²) < 4.78 is 6.32. The molecule has 0 unspecified atom stereocenters. The quantitative estimate of drug-likeness (QED) is 0.664. The number of hydrogen-bond acceptors (Lipinski definition) is 4. The van der Waals surface area contributed by atoms with Crippen molar-refractivity contribution in [2.24, 2.45) is 0 Å². The fourth-order valence-electron chi connectivity index (χ4n) is 1.40. The van der Waals surface area contributed by atoms with Crippen LogP contribution in [0, 0.1) is 0 Å². The standard InChI is InChI=1S/C12H12ClN3O2/c13-11-4-1-3-10(7-11)12-14-8-16(15-12)5-2-6-18-9-17/h1-4,6-8,17H,5,9H2/b6-2-. The molecular weight excluding hydrogens is 254 g/mol. The van der Waals surface area contributed by atoms with Gasteiger partial charge in [0.05, 0.1) is 12.8 Å². The van der Waals surface area contributed by atoms with Gasteiger partial charge in [-0.3, -0.25) is 0 Å². The largest absolute Gasteiger partial charge is 0.476 e. The van der Waals surface area contributed by atoms with Crippen LogP contribution in [-0.4, -0.2) is 26.7 Å². The van der Waals surface area contributed by atoms with Crippen LogP contribution in [0.2, 0.25) is 5.02 Å². The first-order valence-corrected chi connectivity index (χ1v) is 5.70. The molecule has 0 atom stereocenters. The summed E-state index contributed by atoms with van der Waals surface area (Å²) in [4.78, 5) is 4.20. The summed E-state index contributed by atoms with van der Waals surface area (Å²) in [6.07, 6.45) is 4.77. The summed E-state index contributed by atoms with van der Waals surface area (Å²) in [7, 11) is 0. The van der Waals surface area contributed by atoms with Crippen LogP contribution in [0.4, 0.5) is 0 Å². The van der Waals surface area contributed by atoms with Crippen LogP contribution >= 0.6 is 11.6 Å². The van der Waals surface area contributed by atoms with Crippen LogP contribution in [0.5, 0.6) is 0 Å². The first-order chi connectivity index (χ1) is 8.79. The summed E-state index contributed by atoms with van der Waals surface area (Å²) in [5.74, 6) is 0.619. The molecule has 1 heterocycles. The molecule has 0 aliphatic heterocycles. The van der Waals surface area contributed by atoms with Crippen LogP contribution in [0.25, 0.3) is 11.4 Å². The Morgan fingerprint density at radius 2 is 2.33 bits per heavy atom. The Morgan fingerprint density at radius 1 is 1.44 bits per heavy atom. The molecule has 1 aromatic carbocycles. The van der Waals surface area contributed by atoms with Gasteiger partial charge in [0.15, 0.2) is 12.6 Å². The first-order valence-electron chi connectivity index (χ1n) is 5.32. The van der Waals surface area contributed by atoms with Gasteiger partial charge in [-0.25, -0.2) is 9.67 Å². The van der Waals surface area contributed by atoms with Crippen molar-refractivity contribution in [2.75, 3.05) is 6.79 Å². The highest BCUT2D eigenvalue weighted by Crippen LogP contribution is 2.18. The molecule has 0 aliphatic carbocycles. The number of halogens is 1. The third-order valence-electron chi connectivity index (χ3n) is 2.18. The van der Waals surface area contributed by atoms with Crippen LogP contribution < -0.4 is 0 Å². The molecule has 2 aromatic rings. The molecule has 5 nitrogen and oxygen atoms in total. The second-order valence-corrected chi connectivity index (χ2v) is 3.90. The molecule has 18 heavy (non-hydrogen) atoms. The van der Waals surface area contributed by atoms with Gasteiger partial charge >= 0.3 is 0 Å². The van der Waals surface area contributed by atoms with E-state index < -0.39 is 0 Å². The summed E-state index contributed by atoms with van der Waals surface area (Å²) in [5, 5.41) is 13.4. The molecule has 1 aromatic heterocycles. The van der Waals surface area contributed by atoms with E-state index in [2.05, 4.69) is 14.8 Å². The number of rotatable bonds is 5. The Balaban J connectivity index is 2.06. The Hall–Kier alpha value is -1.85. The van der Waals surface area contributed by atoms with E-state index in [9.17, 15) is 0 Å². The SMILES string of the molecule is OCO/C=C\Cn1cnc(-c2cccc(Cl)c2)n1. The lowest BCUT2D eigenvalue weighted by Gasteiger charge is -1.96. The highest BCUT2D eigenvalue weighted by atomic mass is 35.5. The zero-order chi connectivity index (χ0) is 12.8. The maximum atomic E-state index is 8.42. The molecule has 0 saturated carbocycles. The van der Waals surface area contributed by atoms with E-state index in [0.717, 1.165) is 5.56 Å². The van der Waals surface area contributed by atoms with E-state index in [1.165, 1.54) is 6.26 Å². The third-order valence-corrected chi connectivity index (χ3v) is 2.41. The molecule has 0 aliphatic rings. The Bertz CT molecular complexity index is 540. The summed E-state index contributed by atoms with van der Waals surface area (Å²) in [6, 6.07) is 7.37. The van der Waals surface area contributed by atoms with Gasteiger partial charge in [-0.1, -0.05) is 23.7 Å². The third kappa shape index (κ3) is 3.32. The minimum absolute atomic E-state index is 0.332. The van der Waals surface area contributed by atoms with Crippen molar-refractivity contribution in [3.05, 3.63) is 48.0 Å². The molecule has 94 valence electrons. The maximum Gasteiger partial charge on any atom is 0.185 e. The topological polar surface area (TPSA) is 60.2 Å². The average Bonchev–Trinajstić information content (AvgIpc) is 2.83. The predicted octanol–water partition coefficient (Wildman–Crippen LogP) is 2.08. The lowest BCUT2D eigenvalue weighted by atomic mass is 10.2. The van der Waals surface area contributed by atoms with Gasteiger partial charge in [0.25, 0.3) is 0 Å². The van der Waals surface area contributed by atoms with Crippen LogP contribution in [-0.2, 0) is 11.3 Å². The molecule has 0 radical (unpaired) electrons. The summed E-state index contributed by atoms with van der Waals surface area (Å²) in [6.45, 7) is 0.190. The van der Waals surface area contributed by atoms with Crippen molar-refractivity contribution < 1.29 is 9.84 Å². The molecule has 6 heteroatoms. The molecule has 2 rings (SSSR count). The lowest BCUT2D eigenvalue weighted by Crippen LogP contribution is -1.96. The summed E-state index contributed by atoms with van der Waals surface area (Å²) in [5.41, 5.74) is 0.872. The zero-order valence-corrected chi connectivity index (χ0v) is 10.3. The van der Waals surface area contributed by atoms with Crippen molar-refractivity contribution >= 4 is 11.6 Å². The van der Waals surface area contributed by atoms with E-state index in [1.54, 1.807) is 23.2 Å². The molecule has 0 saturated heterocycles. The smallest absolute Gasteiger partial charge is 0.185 e. The van der Waals surface area contributed by atoms with E-state index in [-0.39, 0.29) is 6.79 Å². The normalized spacial score (nSPS) is 11.0. The Labute approximate surface area is 109 Å². The fraction of sp³-hybridized carbons (Fsp3) is 0.167. The van der Waals surface area contributed by atoms with Gasteiger partial charge in [-0.05, 0) is 18.2 Å². The fourth-order valence-corrected chi connectivity index (χ4v) is 1.59. The van der Waals surface area contributed by atoms with E-state index >= 15 is 0 Å². The maximum absolute atomic E-state index is 8.42. The zero-order valence-electron chi connectivity index (χ0n) is 9.53. The summed E-state index contributed by atoms with van der Waals surface area (Å²) >= 11 is 5.91. The van der Waals surface area contributed by atoms with Gasteiger partial charge in [0.1, 0.15) is 6.33 Å². The Morgan fingerprint density at radius 3 is 3.11 bits per heavy atom. The molecule has 0 spiro atoms. The van der Waals surface area contributed by atoms with Crippen molar-refractivity contribution in [3.63, 3.8) is 0 Å². The average molecular weight is 266 g/mol. The molecule has 0 amide bonds. The predicted molar refractivity (Wildman–Crippen MR) is 67.8 cm³/mol. The number of hydrogen-bond donors (Lipinski definition) is 1. The number of benzene rings is 1. The van der Waals surface area contributed by atoms with Crippen molar-refractivity contribution in [2.45, 2.75) is 6.54 Å². The van der Waals surface area contributed by atoms with Gasteiger partial charge in [-0.15, -0.1) is 0 Å².